The van der Waals surface area contributed by atoms with E-state index in [1.54, 1.807) is 6.07 Å². The Hall–Kier alpha value is -5.41. The highest BCUT2D eigenvalue weighted by Crippen LogP contribution is 2.37. The van der Waals surface area contributed by atoms with Crippen molar-refractivity contribution in [3.8, 4) is 11.1 Å². The molecule has 3 aromatic carbocycles. The van der Waals surface area contributed by atoms with Gasteiger partial charge in [-0.1, -0.05) is 55.1 Å². The molecule has 2 N–H and O–H groups in total. The SMILES string of the molecule is CC(CCC(=O)NC=O)N1Cc2cc(N3CCN(CCCN4CCN(Cc5ccc(-c6cn(C7CCCCC7)c7nc(Nc8cc(F)cc(Cl)c8)ncc67)cc5)CC4)CC3)ccc2C1=O. The lowest BCUT2D eigenvalue weighted by Gasteiger charge is -2.37. The van der Waals surface area contributed by atoms with Gasteiger partial charge in [0.2, 0.25) is 18.3 Å². The van der Waals surface area contributed by atoms with Gasteiger partial charge in [-0.2, -0.15) is 4.98 Å². The smallest absolute Gasteiger partial charge is 0.254 e. The molecular weight excluding hydrogens is 843 g/mol. The number of anilines is 3. The van der Waals surface area contributed by atoms with Crippen molar-refractivity contribution in [2.45, 2.75) is 83.5 Å². The Morgan fingerprint density at radius 2 is 1.62 bits per heavy atom. The summed E-state index contributed by atoms with van der Waals surface area (Å²) in [5.41, 5.74) is 7.95. The van der Waals surface area contributed by atoms with Crippen molar-refractivity contribution in [1.29, 1.82) is 0 Å². The largest absolute Gasteiger partial charge is 0.369 e. The summed E-state index contributed by atoms with van der Waals surface area (Å²) in [6, 6.07) is 19.8. The molecule has 9 rings (SSSR count). The number of hydrogen-bond acceptors (Lipinski definition) is 10. The molecule has 1 saturated carbocycles. The summed E-state index contributed by atoms with van der Waals surface area (Å²) in [7, 11) is 0. The van der Waals surface area contributed by atoms with Crippen molar-refractivity contribution in [2.75, 3.05) is 75.7 Å². The summed E-state index contributed by atoms with van der Waals surface area (Å²) in [4.78, 5) is 57.1. The van der Waals surface area contributed by atoms with Crippen LogP contribution in [0.15, 0.2) is 73.1 Å². The number of piperazine rings is 2. The van der Waals surface area contributed by atoms with Crippen LogP contribution in [0.1, 0.15) is 85.8 Å². The van der Waals surface area contributed by atoms with E-state index in [-0.39, 0.29) is 24.3 Å². The van der Waals surface area contributed by atoms with Gasteiger partial charge >= 0.3 is 0 Å². The zero-order valence-corrected chi connectivity index (χ0v) is 38.1. The fraction of sp³-hybridized carbons (Fsp3) is 0.460. The van der Waals surface area contributed by atoms with E-state index < -0.39 is 5.82 Å². The van der Waals surface area contributed by atoms with Gasteiger partial charge in [0, 0.05) is 129 Å². The number of amides is 3. The Labute approximate surface area is 385 Å². The minimum atomic E-state index is -0.412. The zero-order valence-electron chi connectivity index (χ0n) is 37.4. The van der Waals surface area contributed by atoms with Gasteiger partial charge < -0.3 is 24.6 Å². The van der Waals surface area contributed by atoms with Gasteiger partial charge in [-0.15, -0.1) is 0 Å². The van der Waals surface area contributed by atoms with Crippen molar-refractivity contribution in [3.63, 3.8) is 0 Å². The standard InChI is InChI=1S/C50H60ClFN10O3/c1-35(8-15-47(64)54-34-63)61-32-38-26-43(13-14-44(38)49(61)65)60-24-22-58(23-25-60)17-5-16-57-18-20-59(21-19-57)31-36-9-11-37(12-10-36)46-33-62(42-6-3-2-4-7-42)48-45(46)30-53-50(56-48)55-41-28-39(51)27-40(52)29-41/h9-14,26-30,33-35,42H,2-8,15-25,31-32H2,1H3,(H,53,55,56)(H,54,63,64). The number of hydrogen-bond donors (Lipinski definition) is 2. The number of aromatic nitrogens is 3. The van der Waals surface area contributed by atoms with Crippen molar-refractivity contribution in [3.05, 3.63) is 101 Å². The van der Waals surface area contributed by atoms with Crippen molar-refractivity contribution in [1.82, 2.24) is 39.5 Å². The molecule has 342 valence electrons. The van der Waals surface area contributed by atoms with Crippen LogP contribution in [0.3, 0.4) is 0 Å². The molecule has 13 nitrogen and oxygen atoms in total. The van der Waals surface area contributed by atoms with E-state index >= 15 is 0 Å². The molecule has 5 heterocycles. The number of benzene rings is 3. The molecule has 1 unspecified atom stereocenters. The summed E-state index contributed by atoms with van der Waals surface area (Å²) in [5.74, 6) is -0.307. The number of imide groups is 1. The normalized spacial score (nSPS) is 18.3. The van der Waals surface area contributed by atoms with Gasteiger partial charge in [0.05, 0.1) is 0 Å². The maximum absolute atomic E-state index is 14.1. The van der Waals surface area contributed by atoms with Crippen LogP contribution in [-0.2, 0) is 22.7 Å². The van der Waals surface area contributed by atoms with Crippen LogP contribution >= 0.6 is 11.6 Å². The lowest BCUT2D eigenvalue weighted by atomic mass is 9.95. The van der Waals surface area contributed by atoms with Crippen molar-refractivity contribution in [2.24, 2.45) is 0 Å². The van der Waals surface area contributed by atoms with Gasteiger partial charge in [0.15, 0.2) is 0 Å². The van der Waals surface area contributed by atoms with Gasteiger partial charge in [-0.25, -0.2) is 9.37 Å². The highest BCUT2D eigenvalue weighted by atomic mass is 35.5. The number of carbonyl (C=O) groups is 3. The van der Waals surface area contributed by atoms with Crippen molar-refractivity contribution < 1.29 is 18.8 Å². The number of fused-ring (bicyclic) bond motifs is 2. The maximum atomic E-state index is 14.1. The monoisotopic (exact) mass is 902 g/mol. The van der Waals surface area contributed by atoms with E-state index in [2.05, 4.69) is 82.4 Å². The predicted molar refractivity (Wildman–Crippen MR) is 254 cm³/mol. The second-order valence-electron chi connectivity index (χ2n) is 18.3. The number of rotatable bonds is 16. The van der Waals surface area contributed by atoms with Crippen LogP contribution in [0, 0.1) is 5.82 Å². The second kappa shape index (κ2) is 20.4. The minimum Gasteiger partial charge on any atom is -0.369 e. The van der Waals surface area contributed by atoms with Crippen LogP contribution in [0.5, 0.6) is 0 Å². The molecule has 0 bridgehead atoms. The molecule has 5 aromatic rings. The van der Waals surface area contributed by atoms with Crippen LogP contribution in [0.2, 0.25) is 5.02 Å². The molecule has 65 heavy (non-hydrogen) atoms. The Kier molecular flexibility index (Phi) is 14.1. The van der Waals surface area contributed by atoms with Crippen LogP contribution in [0.4, 0.5) is 21.7 Å². The molecule has 15 heteroatoms. The summed E-state index contributed by atoms with van der Waals surface area (Å²) in [5, 5.41) is 6.66. The summed E-state index contributed by atoms with van der Waals surface area (Å²) < 4.78 is 16.4. The summed E-state index contributed by atoms with van der Waals surface area (Å²) >= 11 is 6.12. The zero-order chi connectivity index (χ0) is 44.9. The minimum absolute atomic E-state index is 0.0102. The fourth-order valence-corrected chi connectivity index (χ4v) is 10.4. The average molecular weight is 904 g/mol. The third-order valence-electron chi connectivity index (χ3n) is 13.9. The molecule has 3 fully saturated rings. The molecule has 1 aliphatic carbocycles. The Morgan fingerprint density at radius 3 is 2.34 bits per heavy atom. The van der Waals surface area contributed by atoms with Gasteiger partial charge in [-0.3, -0.25) is 29.5 Å². The highest BCUT2D eigenvalue weighted by Gasteiger charge is 2.32. The molecule has 2 saturated heterocycles. The summed E-state index contributed by atoms with van der Waals surface area (Å²) in [6.07, 6.45) is 12.4. The Morgan fingerprint density at radius 1 is 0.892 bits per heavy atom. The van der Waals surface area contributed by atoms with E-state index in [9.17, 15) is 18.8 Å². The van der Waals surface area contributed by atoms with Gasteiger partial charge in [-0.05, 0) is 98.8 Å². The Bertz CT molecular complexity index is 2460. The van der Waals surface area contributed by atoms with Crippen molar-refractivity contribution >= 4 is 58.2 Å². The van der Waals surface area contributed by atoms with Gasteiger partial charge in [0.25, 0.3) is 5.91 Å². The van der Waals surface area contributed by atoms with Crippen LogP contribution in [0.25, 0.3) is 22.2 Å². The predicted octanol–water partition coefficient (Wildman–Crippen LogP) is 7.87. The second-order valence-corrected chi connectivity index (χ2v) is 18.7. The molecule has 2 aromatic heterocycles. The molecule has 0 spiro atoms. The first-order valence-corrected chi connectivity index (χ1v) is 23.8. The topological polar surface area (TPSA) is 122 Å². The molecule has 4 aliphatic rings. The fourth-order valence-electron chi connectivity index (χ4n) is 10.2. The first kappa shape index (κ1) is 44.8. The maximum Gasteiger partial charge on any atom is 0.254 e. The average Bonchev–Trinajstić information content (AvgIpc) is 3.86. The molecule has 3 aliphatic heterocycles. The van der Waals surface area contributed by atoms with E-state index in [0.29, 0.717) is 42.1 Å². The third-order valence-corrected chi connectivity index (χ3v) is 14.2. The van der Waals surface area contributed by atoms with Crippen LogP contribution in [-0.4, -0.2) is 124 Å². The van der Waals surface area contributed by atoms with Gasteiger partial charge in [0.1, 0.15) is 11.5 Å². The number of nitrogens with zero attached hydrogens (tertiary/aromatic N) is 8. The number of halogens is 2. The first-order valence-electron chi connectivity index (χ1n) is 23.5. The first-order chi connectivity index (χ1) is 31.7. The summed E-state index contributed by atoms with van der Waals surface area (Å²) in [6.45, 7) is 13.9. The quantitative estimate of drug-likeness (QED) is 0.0947. The lowest BCUT2D eigenvalue weighted by molar-refractivity contribution is -0.125. The van der Waals surface area contributed by atoms with E-state index in [1.807, 2.05) is 24.1 Å². The van der Waals surface area contributed by atoms with E-state index in [4.69, 9.17) is 16.6 Å². The van der Waals surface area contributed by atoms with E-state index in [1.165, 1.54) is 37.0 Å². The number of carbonyl (C=O) groups excluding carboxylic acids is 3. The highest BCUT2D eigenvalue weighted by molar-refractivity contribution is 6.30. The van der Waals surface area contributed by atoms with E-state index in [0.717, 1.165) is 130 Å². The molecule has 0 radical (unpaired) electrons. The molecular formula is C50H60ClFN10O3. The third kappa shape index (κ3) is 10.7. The Balaban J connectivity index is 0.722. The molecule has 3 amide bonds. The molecule has 1 atom stereocenters. The lowest BCUT2D eigenvalue weighted by Crippen LogP contribution is -2.48. The van der Waals surface area contributed by atoms with Crippen LogP contribution < -0.4 is 15.5 Å². The number of nitrogens with one attached hydrogen (secondary N) is 2.